The number of halogens is 2. The molecule has 0 bridgehead atoms. The Labute approximate surface area is 184 Å². The van der Waals surface area contributed by atoms with Crippen LogP contribution < -0.4 is 15.4 Å². The van der Waals surface area contributed by atoms with E-state index in [1.165, 1.54) is 18.9 Å². The van der Waals surface area contributed by atoms with E-state index >= 15 is 0 Å². The maximum atomic E-state index is 12.3. The minimum absolute atomic E-state index is 0.1000. The molecular weight excluding hydrogens is 455 g/mol. The Morgan fingerprint density at radius 3 is 2.69 bits per heavy atom. The second-order valence-electron chi connectivity index (χ2n) is 5.49. The Morgan fingerprint density at radius 2 is 1.93 bits per heavy atom. The number of aromatic nitrogens is 2. The third kappa shape index (κ3) is 5.83. The lowest BCUT2D eigenvalue weighted by molar-refractivity contribution is -0.113. The molecule has 0 aliphatic rings. The van der Waals surface area contributed by atoms with E-state index in [9.17, 15) is 9.59 Å². The van der Waals surface area contributed by atoms with Crippen LogP contribution in [0.4, 0.5) is 10.8 Å². The van der Waals surface area contributed by atoms with Crippen molar-refractivity contribution in [1.82, 2.24) is 10.2 Å². The summed E-state index contributed by atoms with van der Waals surface area (Å²) in [7, 11) is 1.51. The standard InChI is InChI=1S/C18H14Cl2N4O3S2/c1-27-14-7-6-10(19)8-13(14)21-15(25)9-28-18-24-23-17(29-18)22-16(26)11-4-2-3-5-12(11)20/h2-8H,9H2,1H3,(H,21,25)(H,22,23,26). The monoisotopic (exact) mass is 468 g/mol. The number of hydrogen-bond acceptors (Lipinski definition) is 7. The highest BCUT2D eigenvalue weighted by Crippen LogP contribution is 2.29. The minimum Gasteiger partial charge on any atom is -0.495 e. The Kier molecular flexibility index (Phi) is 7.32. The summed E-state index contributed by atoms with van der Waals surface area (Å²) < 4.78 is 5.73. The average molecular weight is 469 g/mol. The summed E-state index contributed by atoms with van der Waals surface area (Å²) in [4.78, 5) is 24.5. The fourth-order valence-electron chi connectivity index (χ4n) is 2.22. The van der Waals surface area contributed by atoms with Gasteiger partial charge < -0.3 is 10.1 Å². The summed E-state index contributed by atoms with van der Waals surface area (Å²) >= 11 is 14.3. The van der Waals surface area contributed by atoms with Crippen molar-refractivity contribution in [3.05, 3.63) is 58.1 Å². The minimum atomic E-state index is -0.380. The number of rotatable bonds is 7. The quantitative estimate of drug-likeness (QED) is 0.380. The largest absolute Gasteiger partial charge is 0.495 e. The predicted octanol–water partition coefficient (Wildman–Crippen LogP) is 4.84. The molecule has 0 aliphatic carbocycles. The summed E-state index contributed by atoms with van der Waals surface area (Å²) in [6, 6.07) is 11.7. The number of thioether (sulfide) groups is 1. The van der Waals surface area contributed by atoms with Crippen LogP contribution in [-0.2, 0) is 4.79 Å². The SMILES string of the molecule is COc1ccc(Cl)cc1NC(=O)CSc1nnc(NC(=O)c2ccccc2Cl)s1. The van der Waals surface area contributed by atoms with Crippen molar-refractivity contribution in [2.24, 2.45) is 0 Å². The number of ether oxygens (including phenoxy) is 1. The molecular formula is C18H14Cl2N4O3S2. The van der Waals surface area contributed by atoms with Crippen molar-refractivity contribution in [3.8, 4) is 5.75 Å². The molecule has 0 saturated carbocycles. The second-order valence-corrected chi connectivity index (χ2v) is 8.53. The number of hydrogen-bond donors (Lipinski definition) is 2. The molecule has 0 atom stereocenters. The molecule has 2 amide bonds. The van der Waals surface area contributed by atoms with Crippen LogP contribution in [0.5, 0.6) is 5.75 Å². The lowest BCUT2D eigenvalue weighted by atomic mass is 10.2. The number of methoxy groups -OCH3 is 1. The van der Waals surface area contributed by atoms with E-state index in [0.29, 0.717) is 36.5 Å². The smallest absolute Gasteiger partial charge is 0.259 e. The first-order valence-electron chi connectivity index (χ1n) is 8.12. The fraction of sp³-hybridized carbons (Fsp3) is 0.111. The summed E-state index contributed by atoms with van der Waals surface area (Å²) in [5.74, 6) is -0.0299. The van der Waals surface area contributed by atoms with Gasteiger partial charge in [0.2, 0.25) is 11.0 Å². The van der Waals surface area contributed by atoms with Gasteiger partial charge in [0.1, 0.15) is 5.75 Å². The van der Waals surface area contributed by atoms with Crippen LogP contribution in [0.3, 0.4) is 0 Å². The van der Waals surface area contributed by atoms with Crippen LogP contribution in [0, 0.1) is 0 Å². The topological polar surface area (TPSA) is 93.2 Å². The molecule has 7 nitrogen and oxygen atoms in total. The Bertz CT molecular complexity index is 1050. The first-order valence-corrected chi connectivity index (χ1v) is 10.7. The average Bonchev–Trinajstić information content (AvgIpc) is 3.14. The van der Waals surface area contributed by atoms with E-state index in [-0.39, 0.29) is 17.6 Å². The van der Waals surface area contributed by atoms with Crippen molar-refractivity contribution < 1.29 is 14.3 Å². The molecule has 3 aromatic rings. The number of carbonyl (C=O) groups is 2. The van der Waals surface area contributed by atoms with Gasteiger partial charge in [-0.25, -0.2) is 0 Å². The van der Waals surface area contributed by atoms with Crippen molar-refractivity contribution >= 4 is 68.9 Å². The second kappa shape index (κ2) is 9.93. The zero-order chi connectivity index (χ0) is 20.8. The summed E-state index contributed by atoms with van der Waals surface area (Å²) in [6.07, 6.45) is 0. The zero-order valence-electron chi connectivity index (χ0n) is 14.9. The maximum absolute atomic E-state index is 12.3. The van der Waals surface area contributed by atoms with Gasteiger partial charge in [-0.15, -0.1) is 10.2 Å². The van der Waals surface area contributed by atoms with Gasteiger partial charge >= 0.3 is 0 Å². The van der Waals surface area contributed by atoms with Gasteiger partial charge in [0.15, 0.2) is 4.34 Å². The Balaban J connectivity index is 1.55. The van der Waals surface area contributed by atoms with Gasteiger partial charge in [-0.05, 0) is 30.3 Å². The van der Waals surface area contributed by atoms with Crippen LogP contribution >= 0.6 is 46.3 Å². The van der Waals surface area contributed by atoms with Crippen LogP contribution in [0.15, 0.2) is 46.8 Å². The highest BCUT2D eigenvalue weighted by Gasteiger charge is 2.14. The molecule has 0 unspecified atom stereocenters. The van der Waals surface area contributed by atoms with Crippen LogP contribution in [0.2, 0.25) is 10.0 Å². The van der Waals surface area contributed by atoms with E-state index in [1.54, 1.807) is 42.5 Å². The highest BCUT2D eigenvalue weighted by molar-refractivity contribution is 8.01. The van der Waals surface area contributed by atoms with E-state index in [0.717, 1.165) is 11.3 Å². The van der Waals surface area contributed by atoms with E-state index in [4.69, 9.17) is 27.9 Å². The zero-order valence-corrected chi connectivity index (χ0v) is 18.1. The fourth-order valence-corrected chi connectivity index (χ4v) is 4.16. The first kappa shape index (κ1) is 21.4. The Morgan fingerprint density at radius 1 is 1.14 bits per heavy atom. The number of nitrogens with one attached hydrogen (secondary N) is 2. The third-order valence-electron chi connectivity index (χ3n) is 3.51. The van der Waals surface area contributed by atoms with Gasteiger partial charge in [-0.2, -0.15) is 0 Å². The van der Waals surface area contributed by atoms with E-state index < -0.39 is 0 Å². The Hall–Kier alpha value is -2.33. The summed E-state index contributed by atoms with van der Waals surface area (Å²) in [5, 5.41) is 14.4. The molecule has 150 valence electrons. The molecule has 0 aliphatic heterocycles. The summed E-state index contributed by atoms with van der Waals surface area (Å²) in [6.45, 7) is 0. The molecule has 1 aromatic heterocycles. The normalized spacial score (nSPS) is 10.4. The van der Waals surface area contributed by atoms with Gasteiger partial charge in [-0.3, -0.25) is 14.9 Å². The van der Waals surface area contributed by atoms with Crippen molar-refractivity contribution in [1.29, 1.82) is 0 Å². The number of anilines is 2. The van der Waals surface area contributed by atoms with Crippen molar-refractivity contribution in [2.45, 2.75) is 4.34 Å². The van der Waals surface area contributed by atoms with Gasteiger partial charge in [0.25, 0.3) is 5.91 Å². The molecule has 2 N–H and O–H groups in total. The molecule has 0 radical (unpaired) electrons. The lowest BCUT2D eigenvalue weighted by Crippen LogP contribution is -2.14. The maximum Gasteiger partial charge on any atom is 0.259 e. The number of nitrogens with zero attached hydrogens (tertiary/aromatic N) is 2. The molecule has 1 heterocycles. The number of amides is 2. The molecule has 0 fully saturated rings. The van der Waals surface area contributed by atoms with Crippen molar-refractivity contribution in [3.63, 3.8) is 0 Å². The first-order chi connectivity index (χ1) is 14.0. The molecule has 3 rings (SSSR count). The predicted molar refractivity (Wildman–Crippen MR) is 117 cm³/mol. The molecule has 0 saturated heterocycles. The van der Waals surface area contributed by atoms with Gasteiger partial charge in [0.05, 0.1) is 29.1 Å². The van der Waals surface area contributed by atoms with E-state index in [1.807, 2.05) is 0 Å². The summed E-state index contributed by atoms with van der Waals surface area (Å²) in [5.41, 5.74) is 0.823. The van der Waals surface area contributed by atoms with Gasteiger partial charge in [-0.1, -0.05) is 58.4 Å². The molecule has 0 spiro atoms. The highest BCUT2D eigenvalue weighted by atomic mass is 35.5. The van der Waals surface area contributed by atoms with E-state index in [2.05, 4.69) is 20.8 Å². The third-order valence-corrected chi connectivity index (χ3v) is 6.04. The molecule has 2 aromatic carbocycles. The molecule has 29 heavy (non-hydrogen) atoms. The van der Waals surface area contributed by atoms with Crippen LogP contribution in [-0.4, -0.2) is 34.9 Å². The van der Waals surface area contributed by atoms with Crippen molar-refractivity contribution in [2.75, 3.05) is 23.5 Å². The lowest BCUT2D eigenvalue weighted by Gasteiger charge is -2.09. The number of benzene rings is 2. The van der Waals surface area contributed by atoms with Crippen LogP contribution in [0.1, 0.15) is 10.4 Å². The van der Waals surface area contributed by atoms with Gasteiger partial charge in [0, 0.05) is 5.02 Å². The molecule has 11 heteroatoms. The number of carbonyl (C=O) groups excluding carboxylic acids is 2. The van der Waals surface area contributed by atoms with Crippen LogP contribution in [0.25, 0.3) is 0 Å².